The van der Waals surface area contributed by atoms with E-state index in [2.05, 4.69) is 4.74 Å². The highest BCUT2D eigenvalue weighted by atomic mass is 16.5. The Morgan fingerprint density at radius 1 is 1.50 bits per heavy atom. The minimum absolute atomic E-state index is 0.208. The van der Waals surface area contributed by atoms with Crippen molar-refractivity contribution >= 4 is 5.97 Å². The zero-order valence-electron chi connectivity index (χ0n) is 6.92. The number of carbonyl (C=O) groups is 1. The maximum atomic E-state index is 9.47. The van der Waals surface area contributed by atoms with Crippen LogP contribution in [0.5, 0.6) is 0 Å². The van der Waals surface area contributed by atoms with Gasteiger partial charge in [-0.3, -0.25) is 0 Å². The van der Waals surface area contributed by atoms with Crippen molar-refractivity contribution in [2.75, 3.05) is 34.9 Å². The number of hydrogen-bond acceptors (Lipinski definition) is 3. The van der Waals surface area contributed by atoms with Gasteiger partial charge in [0.1, 0.15) is 6.61 Å². The smallest absolute Gasteiger partial charge is 0.329 e. The summed E-state index contributed by atoms with van der Waals surface area (Å²) in [6.45, 7) is -0.208. The van der Waals surface area contributed by atoms with Gasteiger partial charge >= 0.3 is 5.97 Å². The molecule has 0 bridgehead atoms. The maximum Gasteiger partial charge on any atom is 0.329 e. The molecule has 0 aromatic carbocycles. The monoisotopic (exact) mass is 149 g/mol. The van der Waals surface area contributed by atoms with E-state index in [0.29, 0.717) is 0 Å². The Morgan fingerprint density at radius 2 is 1.80 bits per heavy atom. The molecule has 0 aliphatic rings. The molecule has 0 aromatic rings. The van der Waals surface area contributed by atoms with Gasteiger partial charge in [-0.1, -0.05) is 0 Å². The lowest BCUT2D eigenvalue weighted by atomic mass is 10.8. The van der Waals surface area contributed by atoms with Crippen molar-refractivity contribution in [2.24, 2.45) is 0 Å². The fourth-order valence-corrected chi connectivity index (χ4v) is 0.123. The van der Waals surface area contributed by atoms with Crippen molar-refractivity contribution in [1.29, 1.82) is 0 Å². The van der Waals surface area contributed by atoms with Crippen LogP contribution in [0, 0.1) is 0 Å². The van der Waals surface area contributed by atoms with Crippen LogP contribution in [0.3, 0.4) is 0 Å². The van der Waals surface area contributed by atoms with E-state index in [4.69, 9.17) is 5.11 Å². The SMILES string of the molecule is CN(C)C.COCC(=O)O. The molecule has 4 nitrogen and oxygen atoms in total. The third-order valence-corrected chi connectivity index (χ3v) is 0.268. The van der Waals surface area contributed by atoms with E-state index in [1.54, 1.807) is 0 Å². The molecule has 0 unspecified atom stereocenters. The van der Waals surface area contributed by atoms with Crippen molar-refractivity contribution in [3.8, 4) is 0 Å². The lowest BCUT2D eigenvalue weighted by molar-refractivity contribution is -0.141. The molecular weight excluding hydrogens is 134 g/mol. The van der Waals surface area contributed by atoms with Crippen molar-refractivity contribution in [1.82, 2.24) is 4.90 Å². The van der Waals surface area contributed by atoms with E-state index in [1.807, 2.05) is 26.0 Å². The van der Waals surface area contributed by atoms with Gasteiger partial charge < -0.3 is 14.7 Å². The Balaban J connectivity index is 0. The molecule has 62 valence electrons. The molecule has 4 heteroatoms. The number of aliphatic carboxylic acids is 1. The number of nitrogens with zero attached hydrogens (tertiary/aromatic N) is 1. The van der Waals surface area contributed by atoms with Crippen LogP contribution in [-0.2, 0) is 9.53 Å². The van der Waals surface area contributed by atoms with E-state index < -0.39 is 5.97 Å². The molecule has 0 radical (unpaired) electrons. The predicted octanol–water partition coefficient (Wildman–Crippen LogP) is -0.105. The summed E-state index contributed by atoms with van der Waals surface area (Å²) in [7, 11) is 7.34. The number of hydrogen-bond donors (Lipinski definition) is 1. The predicted molar refractivity (Wildman–Crippen MR) is 39.1 cm³/mol. The number of carboxylic acid groups (broad SMARTS) is 1. The molecule has 0 aliphatic heterocycles. The summed E-state index contributed by atoms with van der Waals surface area (Å²) in [6.07, 6.45) is 0. The van der Waals surface area contributed by atoms with Crippen LogP contribution in [0.1, 0.15) is 0 Å². The number of methoxy groups -OCH3 is 1. The number of ether oxygens (including phenoxy) is 1. The van der Waals surface area contributed by atoms with Crippen LogP contribution in [0.4, 0.5) is 0 Å². The fourth-order valence-electron chi connectivity index (χ4n) is 0.123. The van der Waals surface area contributed by atoms with Crippen LogP contribution < -0.4 is 0 Å². The molecule has 10 heavy (non-hydrogen) atoms. The summed E-state index contributed by atoms with van der Waals surface area (Å²) in [4.78, 5) is 11.5. The minimum atomic E-state index is -0.933. The molecule has 0 saturated heterocycles. The fraction of sp³-hybridized carbons (Fsp3) is 0.833. The van der Waals surface area contributed by atoms with E-state index in [1.165, 1.54) is 7.11 Å². The lowest BCUT2D eigenvalue weighted by Crippen LogP contribution is -2.02. The van der Waals surface area contributed by atoms with Gasteiger partial charge in [0.25, 0.3) is 0 Å². The molecule has 0 aliphatic carbocycles. The van der Waals surface area contributed by atoms with E-state index in [0.717, 1.165) is 0 Å². The molecule has 1 N–H and O–H groups in total. The Hall–Kier alpha value is -0.610. The molecule has 0 saturated carbocycles. The van der Waals surface area contributed by atoms with Crippen LogP contribution in [0.2, 0.25) is 0 Å². The summed E-state index contributed by atoms with van der Waals surface area (Å²) in [6, 6.07) is 0. The van der Waals surface area contributed by atoms with Gasteiger partial charge in [-0.25, -0.2) is 4.79 Å². The molecule has 0 fully saturated rings. The van der Waals surface area contributed by atoms with Gasteiger partial charge in [-0.15, -0.1) is 0 Å². The first-order valence-corrected chi connectivity index (χ1v) is 2.82. The molecule has 0 spiro atoms. The van der Waals surface area contributed by atoms with Gasteiger partial charge in [0.2, 0.25) is 0 Å². The molecule has 0 rings (SSSR count). The first-order valence-electron chi connectivity index (χ1n) is 2.82. The third-order valence-electron chi connectivity index (χ3n) is 0.268. The highest BCUT2D eigenvalue weighted by Gasteiger charge is 1.87. The largest absolute Gasteiger partial charge is 0.480 e. The summed E-state index contributed by atoms with van der Waals surface area (Å²) in [5.74, 6) is -0.933. The lowest BCUT2D eigenvalue weighted by Gasteiger charge is -1.90. The van der Waals surface area contributed by atoms with Gasteiger partial charge in [-0.05, 0) is 21.1 Å². The molecule has 0 amide bonds. The average Bonchev–Trinajstić information content (AvgIpc) is 1.62. The second-order valence-electron chi connectivity index (χ2n) is 2.17. The third kappa shape index (κ3) is 52.8. The van der Waals surface area contributed by atoms with Crippen LogP contribution >= 0.6 is 0 Å². The first-order chi connectivity index (χ1) is 4.50. The Bertz CT molecular complexity index is 80.3. The van der Waals surface area contributed by atoms with E-state index >= 15 is 0 Å². The summed E-state index contributed by atoms with van der Waals surface area (Å²) >= 11 is 0. The second kappa shape index (κ2) is 8.39. The van der Waals surface area contributed by atoms with Gasteiger partial charge in [0, 0.05) is 7.11 Å². The van der Waals surface area contributed by atoms with Crippen LogP contribution in [-0.4, -0.2) is 50.8 Å². The summed E-state index contributed by atoms with van der Waals surface area (Å²) in [5.41, 5.74) is 0. The van der Waals surface area contributed by atoms with Gasteiger partial charge in [-0.2, -0.15) is 0 Å². The average molecular weight is 149 g/mol. The minimum Gasteiger partial charge on any atom is -0.480 e. The van der Waals surface area contributed by atoms with Crippen molar-refractivity contribution < 1.29 is 14.6 Å². The molecular formula is C6H15NO3. The topological polar surface area (TPSA) is 49.8 Å². The maximum absolute atomic E-state index is 9.47. The number of rotatable bonds is 2. The Kier molecular flexibility index (Phi) is 10.2. The standard InChI is InChI=1S/C3H9N.C3H6O3/c1-4(2)3;1-6-2-3(4)5/h1-3H3;2H2,1H3,(H,4,5). The molecule has 0 atom stereocenters. The Morgan fingerprint density at radius 3 is 1.80 bits per heavy atom. The Labute approximate surface area is 61.4 Å². The zero-order chi connectivity index (χ0) is 8.57. The normalized spacial score (nSPS) is 8.50. The van der Waals surface area contributed by atoms with Crippen molar-refractivity contribution in [3.05, 3.63) is 0 Å². The number of carboxylic acids is 1. The highest BCUT2D eigenvalue weighted by Crippen LogP contribution is 1.61. The summed E-state index contributed by atoms with van der Waals surface area (Å²) in [5, 5.41) is 7.79. The van der Waals surface area contributed by atoms with Crippen LogP contribution in [0.25, 0.3) is 0 Å². The van der Waals surface area contributed by atoms with E-state index in [9.17, 15) is 4.79 Å². The highest BCUT2D eigenvalue weighted by molar-refractivity contribution is 5.67. The molecule has 0 heterocycles. The van der Waals surface area contributed by atoms with Crippen LogP contribution in [0.15, 0.2) is 0 Å². The summed E-state index contributed by atoms with van der Waals surface area (Å²) < 4.78 is 4.20. The first kappa shape index (κ1) is 12.1. The second-order valence-corrected chi connectivity index (χ2v) is 2.17. The van der Waals surface area contributed by atoms with Gasteiger partial charge in [0.05, 0.1) is 0 Å². The van der Waals surface area contributed by atoms with Crippen molar-refractivity contribution in [2.45, 2.75) is 0 Å². The zero-order valence-corrected chi connectivity index (χ0v) is 6.92. The van der Waals surface area contributed by atoms with E-state index in [-0.39, 0.29) is 6.61 Å². The van der Waals surface area contributed by atoms with Gasteiger partial charge in [0.15, 0.2) is 0 Å². The quantitative estimate of drug-likeness (QED) is 0.595. The van der Waals surface area contributed by atoms with Crippen molar-refractivity contribution in [3.63, 3.8) is 0 Å². The molecule has 0 aromatic heterocycles.